The number of fused-ring (bicyclic) bond motifs is 5. The van der Waals surface area contributed by atoms with Crippen molar-refractivity contribution in [3.8, 4) is 0 Å². The number of hydrogen-bond acceptors (Lipinski definition) is 3. The summed E-state index contributed by atoms with van der Waals surface area (Å²) >= 11 is 1.45. The van der Waals surface area contributed by atoms with Crippen molar-refractivity contribution in [1.29, 1.82) is 0 Å². The summed E-state index contributed by atoms with van der Waals surface area (Å²) in [7, 11) is 0. The van der Waals surface area contributed by atoms with Crippen molar-refractivity contribution in [3.63, 3.8) is 0 Å². The van der Waals surface area contributed by atoms with Gasteiger partial charge in [0.1, 0.15) is 5.52 Å². The van der Waals surface area contributed by atoms with Crippen LogP contribution in [0.5, 0.6) is 0 Å². The molecule has 0 N–H and O–H groups in total. The standard InChI is InChI=1S/C17H12N2S/c1-2-5-12-10-11-6-3-4-7-13(11)14-8-9-15-17(16(12)14)18-19-20-15/h2-4,6-10H,1,5H2. The van der Waals surface area contributed by atoms with Crippen molar-refractivity contribution in [1.82, 2.24) is 9.59 Å². The summed E-state index contributed by atoms with van der Waals surface area (Å²) in [5.41, 5.74) is 2.28. The van der Waals surface area contributed by atoms with Gasteiger partial charge in [-0.3, -0.25) is 0 Å². The van der Waals surface area contributed by atoms with Gasteiger partial charge in [0.15, 0.2) is 0 Å². The minimum atomic E-state index is 0.845. The van der Waals surface area contributed by atoms with Crippen LogP contribution in [0.2, 0.25) is 0 Å². The molecular formula is C17H12N2S. The second kappa shape index (κ2) is 4.39. The maximum Gasteiger partial charge on any atom is 0.114 e. The van der Waals surface area contributed by atoms with Crippen LogP contribution >= 0.6 is 11.5 Å². The van der Waals surface area contributed by atoms with Gasteiger partial charge < -0.3 is 0 Å². The van der Waals surface area contributed by atoms with E-state index in [1.165, 1.54) is 38.6 Å². The van der Waals surface area contributed by atoms with Gasteiger partial charge in [0.05, 0.1) is 4.70 Å². The lowest BCUT2D eigenvalue weighted by Gasteiger charge is -2.09. The van der Waals surface area contributed by atoms with Crippen molar-refractivity contribution in [2.75, 3.05) is 0 Å². The van der Waals surface area contributed by atoms with E-state index in [-0.39, 0.29) is 0 Å². The van der Waals surface area contributed by atoms with Crippen molar-refractivity contribution < 1.29 is 0 Å². The molecule has 0 atom stereocenters. The van der Waals surface area contributed by atoms with Gasteiger partial charge in [-0.25, -0.2) is 0 Å². The fraction of sp³-hybridized carbons (Fsp3) is 0.0588. The molecule has 0 bridgehead atoms. The zero-order valence-electron chi connectivity index (χ0n) is 10.8. The fourth-order valence-electron chi connectivity index (χ4n) is 2.84. The van der Waals surface area contributed by atoms with Gasteiger partial charge in [0.25, 0.3) is 0 Å². The molecule has 4 rings (SSSR count). The highest BCUT2D eigenvalue weighted by Crippen LogP contribution is 2.34. The molecule has 1 aromatic heterocycles. The van der Waals surface area contributed by atoms with E-state index in [0.29, 0.717) is 0 Å². The summed E-state index contributed by atoms with van der Waals surface area (Å²) in [6.07, 6.45) is 2.79. The van der Waals surface area contributed by atoms with E-state index in [9.17, 15) is 0 Å². The lowest BCUT2D eigenvalue weighted by Crippen LogP contribution is -1.88. The number of allylic oxidation sites excluding steroid dienone is 1. The fourth-order valence-corrected chi connectivity index (χ4v) is 3.41. The Morgan fingerprint density at radius 3 is 2.90 bits per heavy atom. The molecule has 4 aromatic rings. The third-order valence-electron chi connectivity index (χ3n) is 3.69. The van der Waals surface area contributed by atoms with Crippen molar-refractivity contribution in [3.05, 3.63) is 60.7 Å². The van der Waals surface area contributed by atoms with Gasteiger partial charge in [0, 0.05) is 5.39 Å². The first-order valence-corrected chi connectivity index (χ1v) is 7.32. The molecule has 2 nitrogen and oxygen atoms in total. The molecule has 0 unspecified atom stereocenters. The van der Waals surface area contributed by atoms with Crippen LogP contribution in [0.1, 0.15) is 5.56 Å². The van der Waals surface area contributed by atoms with Crippen LogP contribution in [0, 0.1) is 0 Å². The van der Waals surface area contributed by atoms with Gasteiger partial charge >= 0.3 is 0 Å². The smallest absolute Gasteiger partial charge is 0.114 e. The van der Waals surface area contributed by atoms with Crippen LogP contribution in [-0.4, -0.2) is 9.59 Å². The van der Waals surface area contributed by atoms with Gasteiger partial charge in [-0.2, -0.15) is 0 Å². The number of rotatable bonds is 2. The van der Waals surface area contributed by atoms with Gasteiger partial charge in [-0.1, -0.05) is 47.0 Å². The Hall–Kier alpha value is -2.26. The SMILES string of the molecule is C=CCc1cc2ccccc2c2ccc3snnc3c12. The molecule has 0 aliphatic rings. The average Bonchev–Trinajstić information content (AvgIpc) is 2.95. The predicted octanol–water partition coefficient (Wildman–Crippen LogP) is 4.73. The number of nitrogens with zero attached hydrogens (tertiary/aromatic N) is 2. The normalized spacial score (nSPS) is 11.4. The van der Waals surface area contributed by atoms with E-state index in [4.69, 9.17) is 0 Å². The molecule has 1 heterocycles. The van der Waals surface area contributed by atoms with Gasteiger partial charge in [-0.05, 0) is 45.7 Å². The molecule has 3 heteroatoms. The number of hydrogen-bond donors (Lipinski definition) is 0. The van der Waals surface area contributed by atoms with E-state index in [1.807, 2.05) is 6.08 Å². The monoisotopic (exact) mass is 276 g/mol. The summed E-state index contributed by atoms with van der Waals surface area (Å²) in [5.74, 6) is 0. The van der Waals surface area contributed by atoms with E-state index >= 15 is 0 Å². The first-order chi connectivity index (χ1) is 9.88. The average molecular weight is 276 g/mol. The highest BCUT2D eigenvalue weighted by atomic mass is 32.1. The van der Waals surface area contributed by atoms with Crippen molar-refractivity contribution in [2.24, 2.45) is 0 Å². The molecule has 96 valence electrons. The molecule has 0 aliphatic carbocycles. The molecule has 0 aliphatic heterocycles. The summed E-state index contributed by atoms with van der Waals surface area (Å²) < 4.78 is 5.24. The van der Waals surface area contributed by atoms with E-state index in [2.05, 4.69) is 58.6 Å². The van der Waals surface area contributed by atoms with Crippen molar-refractivity contribution in [2.45, 2.75) is 6.42 Å². The summed E-state index contributed by atoms with van der Waals surface area (Å²) in [6.45, 7) is 3.88. The Balaban J connectivity index is 2.30. The second-order valence-electron chi connectivity index (χ2n) is 4.86. The third-order valence-corrected chi connectivity index (χ3v) is 4.38. The first-order valence-electron chi connectivity index (χ1n) is 6.55. The minimum Gasteiger partial charge on any atom is -0.137 e. The van der Waals surface area contributed by atoms with Crippen LogP contribution < -0.4 is 0 Å². The lowest BCUT2D eigenvalue weighted by molar-refractivity contribution is 1.20. The van der Waals surface area contributed by atoms with E-state index < -0.39 is 0 Å². The van der Waals surface area contributed by atoms with Gasteiger partial charge in [-0.15, -0.1) is 11.7 Å². The molecule has 0 saturated carbocycles. The summed E-state index contributed by atoms with van der Waals surface area (Å²) in [4.78, 5) is 0. The highest BCUT2D eigenvalue weighted by Gasteiger charge is 2.11. The predicted molar refractivity (Wildman–Crippen MR) is 86.3 cm³/mol. The Kier molecular flexibility index (Phi) is 2.54. The van der Waals surface area contributed by atoms with Crippen molar-refractivity contribution >= 4 is 43.3 Å². The highest BCUT2D eigenvalue weighted by molar-refractivity contribution is 7.13. The largest absolute Gasteiger partial charge is 0.137 e. The summed E-state index contributed by atoms with van der Waals surface area (Å²) in [6, 6.07) is 15.0. The van der Waals surface area contributed by atoms with E-state index in [1.54, 1.807) is 0 Å². The van der Waals surface area contributed by atoms with Crippen LogP contribution in [0.15, 0.2) is 55.1 Å². The topological polar surface area (TPSA) is 25.8 Å². The lowest BCUT2D eigenvalue weighted by atomic mass is 9.95. The molecule has 0 amide bonds. The second-order valence-corrected chi connectivity index (χ2v) is 5.64. The maximum absolute atomic E-state index is 4.33. The molecule has 0 fully saturated rings. The van der Waals surface area contributed by atoms with Crippen LogP contribution in [0.3, 0.4) is 0 Å². The molecule has 0 spiro atoms. The molecule has 0 radical (unpaired) electrons. The number of aromatic nitrogens is 2. The van der Waals surface area contributed by atoms with Crippen LogP contribution in [0.25, 0.3) is 31.8 Å². The Bertz CT molecular complexity index is 953. The van der Waals surface area contributed by atoms with Gasteiger partial charge in [0.2, 0.25) is 0 Å². The number of benzene rings is 3. The Morgan fingerprint density at radius 1 is 1.10 bits per heavy atom. The first kappa shape index (κ1) is 11.6. The zero-order chi connectivity index (χ0) is 13.5. The summed E-state index contributed by atoms with van der Waals surface area (Å²) in [5, 5.41) is 9.33. The Labute approximate surface area is 120 Å². The quantitative estimate of drug-likeness (QED) is 0.391. The minimum absolute atomic E-state index is 0.845. The third kappa shape index (κ3) is 1.57. The molecular weight excluding hydrogens is 264 g/mol. The van der Waals surface area contributed by atoms with E-state index in [0.717, 1.165) is 16.6 Å². The maximum atomic E-state index is 4.33. The van der Waals surface area contributed by atoms with Crippen LogP contribution in [-0.2, 0) is 6.42 Å². The van der Waals surface area contributed by atoms with Crippen LogP contribution in [0.4, 0.5) is 0 Å². The Morgan fingerprint density at radius 2 is 2.00 bits per heavy atom. The zero-order valence-corrected chi connectivity index (χ0v) is 11.7. The molecule has 20 heavy (non-hydrogen) atoms. The molecule has 0 saturated heterocycles. The molecule has 3 aromatic carbocycles.